The van der Waals surface area contributed by atoms with E-state index in [-0.39, 0.29) is 27.4 Å². The van der Waals surface area contributed by atoms with Crippen molar-refractivity contribution >= 4 is 33.6 Å². The summed E-state index contributed by atoms with van der Waals surface area (Å²) in [6, 6.07) is 1.45. The normalized spacial score (nSPS) is 20.1. The highest BCUT2D eigenvalue weighted by atomic mass is 79.9. The predicted molar refractivity (Wildman–Crippen MR) is 103 cm³/mol. The number of alkyl halides is 2. The molecule has 3 rings (SSSR count). The number of hydrogen-bond donors (Lipinski definition) is 0. The van der Waals surface area contributed by atoms with Crippen molar-refractivity contribution in [2.24, 2.45) is 0 Å². The lowest BCUT2D eigenvalue weighted by atomic mass is 10.1. The van der Waals surface area contributed by atoms with E-state index in [4.69, 9.17) is 21.1 Å². The fraction of sp³-hybridized carbons (Fsp3) is 0.611. The molecule has 156 valence electrons. The summed E-state index contributed by atoms with van der Waals surface area (Å²) in [5, 5.41) is 0.192. The molecule has 1 atom stereocenters. The number of amides is 1. The number of halogens is 4. The molecule has 0 spiro atoms. The number of carbonyl (C=O) groups is 1. The van der Waals surface area contributed by atoms with Crippen molar-refractivity contribution in [3.63, 3.8) is 0 Å². The van der Waals surface area contributed by atoms with Crippen LogP contribution in [0.5, 0.6) is 11.5 Å². The zero-order valence-electron chi connectivity index (χ0n) is 15.8. The number of fused-ring (bicyclic) bond motifs is 2. The molecule has 1 aromatic rings. The Morgan fingerprint density at radius 1 is 1.39 bits per heavy atom. The van der Waals surface area contributed by atoms with Crippen LogP contribution in [0.1, 0.15) is 26.3 Å². The third-order valence-electron chi connectivity index (χ3n) is 4.47. The number of carbonyl (C=O) groups excluding carboxylic acids is 1. The van der Waals surface area contributed by atoms with Gasteiger partial charge in [0.2, 0.25) is 0 Å². The molecule has 2 aliphatic rings. The summed E-state index contributed by atoms with van der Waals surface area (Å²) in [6.45, 7) is 4.84. The minimum absolute atomic E-state index is 0.0341. The molecule has 0 aliphatic carbocycles. The molecule has 28 heavy (non-hydrogen) atoms. The van der Waals surface area contributed by atoms with Crippen molar-refractivity contribution in [2.75, 3.05) is 26.2 Å². The van der Waals surface area contributed by atoms with E-state index in [1.54, 1.807) is 4.90 Å². The molecule has 0 bridgehead atoms. The summed E-state index contributed by atoms with van der Waals surface area (Å²) in [6.07, 6.45) is -0.359. The second kappa shape index (κ2) is 8.20. The Labute approximate surface area is 175 Å². The predicted octanol–water partition coefficient (Wildman–Crippen LogP) is 4.52. The Morgan fingerprint density at radius 2 is 2.11 bits per heavy atom. The van der Waals surface area contributed by atoms with Crippen LogP contribution in [0.2, 0.25) is 5.02 Å². The maximum atomic E-state index is 12.7. The Hall–Kier alpha value is -1.32. The molecule has 1 saturated heterocycles. The number of ether oxygens (including phenoxy) is 3. The lowest BCUT2D eigenvalue weighted by molar-refractivity contribution is -0.0504. The van der Waals surface area contributed by atoms with Crippen LogP contribution < -0.4 is 9.47 Å². The summed E-state index contributed by atoms with van der Waals surface area (Å²) in [7, 11) is 0. The van der Waals surface area contributed by atoms with Crippen molar-refractivity contribution in [2.45, 2.75) is 45.6 Å². The van der Waals surface area contributed by atoms with Crippen LogP contribution in [0.3, 0.4) is 0 Å². The Morgan fingerprint density at radius 3 is 2.75 bits per heavy atom. The van der Waals surface area contributed by atoms with Gasteiger partial charge in [0.05, 0.1) is 10.5 Å². The smallest absolute Gasteiger partial charge is 0.410 e. The molecule has 0 unspecified atom stereocenters. The zero-order valence-corrected chi connectivity index (χ0v) is 18.1. The standard InChI is InChI=1S/C18H22BrClF2N2O4/c1-18(2,3)28-17(25)24-5-4-23-7-10-6-12(27-16(21)22)13(19)14(20)15(10)26-9-11(23)8-24/h6,11,16H,4-5,7-9H2,1-3H3/t11-/m1/s1. The van der Waals surface area contributed by atoms with Gasteiger partial charge >= 0.3 is 12.7 Å². The van der Waals surface area contributed by atoms with Crippen LogP contribution in [0.15, 0.2) is 10.5 Å². The van der Waals surface area contributed by atoms with Crippen LogP contribution in [-0.4, -0.2) is 60.4 Å². The van der Waals surface area contributed by atoms with Crippen LogP contribution in [-0.2, 0) is 11.3 Å². The zero-order chi connectivity index (χ0) is 20.6. The number of rotatable bonds is 2. The van der Waals surface area contributed by atoms with Crippen molar-refractivity contribution in [1.29, 1.82) is 0 Å². The summed E-state index contributed by atoms with van der Waals surface area (Å²) >= 11 is 9.51. The van der Waals surface area contributed by atoms with Crippen LogP contribution >= 0.6 is 27.5 Å². The molecule has 6 nitrogen and oxygen atoms in total. The molecule has 1 amide bonds. The molecule has 1 aromatic carbocycles. The molecule has 10 heteroatoms. The first-order chi connectivity index (χ1) is 13.0. The summed E-state index contributed by atoms with van der Waals surface area (Å²) in [4.78, 5) is 16.2. The first-order valence-corrected chi connectivity index (χ1v) is 10.0. The maximum absolute atomic E-state index is 12.7. The first kappa shape index (κ1) is 21.4. The molecule has 0 radical (unpaired) electrons. The molecule has 0 aromatic heterocycles. The summed E-state index contributed by atoms with van der Waals surface area (Å²) < 4.78 is 41.5. The molecular formula is C18H22BrClF2N2O4. The van der Waals surface area contributed by atoms with Gasteiger partial charge in [0.1, 0.15) is 28.7 Å². The van der Waals surface area contributed by atoms with Crippen molar-refractivity contribution in [3.05, 3.63) is 21.1 Å². The fourth-order valence-corrected chi connectivity index (χ4v) is 3.90. The molecular weight excluding hydrogens is 462 g/mol. The van der Waals surface area contributed by atoms with Crippen LogP contribution in [0.25, 0.3) is 0 Å². The SMILES string of the molecule is CC(C)(C)OC(=O)N1CCN2Cc3cc(OC(F)F)c(Br)c(Cl)c3OC[C@H]2C1. The molecule has 0 N–H and O–H groups in total. The summed E-state index contributed by atoms with van der Waals surface area (Å²) in [5.41, 5.74) is 0.0998. The maximum Gasteiger partial charge on any atom is 0.410 e. The van der Waals surface area contributed by atoms with E-state index in [2.05, 4.69) is 25.6 Å². The number of benzene rings is 1. The minimum atomic E-state index is -2.96. The number of piperazine rings is 1. The Kier molecular flexibility index (Phi) is 6.26. The van der Waals surface area contributed by atoms with Gasteiger partial charge < -0.3 is 19.1 Å². The number of nitrogens with zero attached hydrogens (tertiary/aromatic N) is 2. The van der Waals surface area contributed by atoms with Gasteiger partial charge in [0.25, 0.3) is 0 Å². The van der Waals surface area contributed by atoms with Crippen molar-refractivity contribution in [1.82, 2.24) is 9.80 Å². The van der Waals surface area contributed by atoms with Crippen molar-refractivity contribution in [3.8, 4) is 11.5 Å². The van der Waals surface area contributed by atoms with Gasteiger partial charge in [0.15, 0.2) is 0 Å². The van der Waals surface area contributed by atoms with E-state index in [1.807, 2.05) is 20.8 Å². The highest BCUT2D eigenvalue weighted by Gasteiger charge is 2.35. The Balaban J connectivity index is 1.77. The third-order valence-corrected chi connectivity index (χ3v) is 5.85. The quantitative estimate of drug-likeness (QED) is 0.619. The van der Waals surface area contributed by atoms with Crippen LogP contribution in [0.4, 0.5) is 13.6 Å². The molecule has 2 aliphatic heterocycles. The highest BCUT2D eigenvalue weighted by Crippen LogP contribution is 2.44. The second-order valence-electron chi connectivity index (χ2n) is 7.73. The van der Waals surface area contributed by atoms with Gasteiger partial charge in [-0.2, -0.15) is 8.78 Å². The largest absolute Gasteiger partial charge is 0.490 e. The lowest BCUT2D eigenvalue weighted by Gasteiger charge is -2.40. The van der Waals surface area contributed by atoms with Gasteiger partial charge in [-0.3, -0.25) is 4.90 Å². The molecule has 2 heterocycles. The van der Waals surface area contributed by atoms with Gasteiger partial charge in [0, 0.05) is 31.7 Å². The average molecular weight is 484 g/mol. The number of hydrogen-bond acceptors (Lipinski definition) is 5. The van der Waals surface area contributed by atoms with Gasteiger partial charge in [-0.1, -0.05) is 11.6 Å². The van der Waals surface area contributed by atoms with Gasteiger partial charge in [-0.15, -0.1) is 0 Å². The third kappa shape index (κ3) is 4.80. The fourth-order valence-electron chi connectivity index (χ4n) is 3.24. The van der Waals surface area contributed by atoms with E-state index in [0.29, 0.717) is 44.1 Å². The van der Waals surface area contributed by atoms with E-state index < -0.39 is 12.2 Å². The molecule has 0 saturated carbocycles. The van der Waals surface area contributed by atoms with Gasteiger partial charge in [-0.25, -0.2) is 4.79 Å². The molecule has 1 fully saturated rings. The van der Waals surface area contributed by atoms with E-state index in [0.717, 1.165) is 0 Å². The monoisotopic (exact) mass is 482 g/mol. The summed E-state index contributed by atoms with van der Waals surface area (Å²) in [5.74, 6) is 0.404. The highest BCUT2D eigenvalue weighted by molar-refractivity contribution is 9.10. The first-order valence-electron chi connectivity index (χ1n) is 8.85. The van der Waals surface area contributed by atoms with E-state index >= 15 is 0 Å². The lowest BCUT2D eigenvalue weighted by Crippen LogP contribution is -2.56. The topological polar surface area (TPSA) is 51.2 Å². The van der Waals surface area contributed by atoms with E-state index in [1.165, 1.54) is 6.07 Å². The minimum Gasteiger partial charge on any atom is -0.490 e. The average Bonchev–Trinajstić information content (AvgIpc) is 2.76. The second-order valence-corrected chi connectivity index (χ2v) is 8.90. The Bertz CT molecular complexity index is 760. The van der Waals surface area contributed by atoms with Crippen molar-refractivity contribution < 1.29 is 27.8 Å². The van der Waals surface area contributed by atoms with Crippen LogP contribution in [0, 0.1) is 0 Å². The van der Waals surface area contributed by atoms with E-state index in [9.17, 15) is 13.6 Å². The van der Waals surface area contributed by atoms with Gasteiger partial charge in [-0.05, 0) is 42.8 Å².